The highest BCUT2D eigenvalue weighted by atomic mass is 32.2. The Morgan fingerprint density at radius 2 is 1.68 bits per heavy atom. The molecule has 37 heavy (non-hydrogen) atoms. The Balaban J connectivity index is 2.20. The van der Waals surface area contributed by atoms with Gasteiger partial charge in [-0.05, 0) is 74.1 Å². The van der Waals surface area contributed by atoms with Crippen LogP contribution in [0.4, 0.5) is 5.69 Å². The van der Waals surface area contributed by atoms with Crippen LogP contribution >= 0.6 is 0 Å². The number of carbonyl (C=O) groups excluding carboxylic acids is 2. The van der Waals surface area contributed by atoms with E-state index >= 15 is 0 Å². The number of aryl methyl sites for hydroxylation is 2. The van der Waals surface area contributed by atoms with Crippen molar-refractivity contribution in [3.8, 4) is 5.75 Å². The number of methoxy groups -OCH3 is 1. The van der Waals surface area contributed by atoms with Gasteiger partial charge < -0.3 is 15.0 Å². The molecule has 1 N–H and O–H groups in total. The summed E-state index contributed by atoms with van der Waals surface area (Å²) in [5.74, 6) is 0.506. The molecule has 2 aromatic rings. The van der Waals surface area contributed by atoms with Crippen molar-refractivity contribution < 1.29 is 22.7 Å². The second kappa shape index (κ2) is 13.5. The number of anilines is 1. The quantitative estimate of drug-likeness (QED) is 0.421. The first-order chi connectivity index (χ1) is 17.3. The van der Waals surface area contributed by atoms with Crippen LogP contribution in [-0.2, 0) is 26.2 Å². The molecule has 0 saturated heterocycles. The van der Waals surface area contributed by atoms with Gasteiger partial charge >= 0.3 is 0 Å². The van der Waals surface area contributed by atoms with Gasteiger partial charge in [-0.1, -0.05) is 32.0 Å². The van der Waals surface area contributed by atoms with Crippen molar-refractivity contribution in [1.82, 2.24) is 10.2 Å². The molecule has 8 nitrogen and oxygen atoms in total. The first kappa shape index (κ1) is 30.2. The molecular formula is C28H41N3O5S. The van der Waals surface area contributed by atoms with Gasteiger partial charge in [0.15, 0.2) is 0 Å². The van der Waals surface area contributed by atoms with Crippen LogP contribution in [0.5, 0.6) is 5.75 Å². The molecule has 0 bridgehead atoms. The summed E-state index contributed by atoms with van der Waals surface area (Å²) in [5.41, 5.74) is 3.35. The number of hydrogen-bond acceptors (Lipinski definition) is 5. The smallest absolute Gasteiger partial charge is 0.242 e. The number of benzene rings is 2. The van der Waals surface area contributed by atoms with Crippen molar-refractivity contribution >= 4 is 27.5 Å². The van der Waals surface area contributed by atoms with E-state index in [4.69, 9.17) is 4.74 Å². The lowest BCUT2D eigenvalue weighted by molar-refractivity contribution is -0.140. The number of carbonyl (C=O) groups is 2. The molecule has 0 fully saturated rings. The van der Waals surface area contributed by atoms with Gasteiger partial charge in [0.1, 0.15) is 11.8 Å². The Labute approximate surface area is 222 Å². The van der Waals surface area contributed by atoms with Crippen LogP contribution in [0.1, 0.15) is 50.3 Å². The monoisotopic (exact) mass is 531 g/mol. The van der Waals surface area contributed by atoms with Crippen LogP contribution in [0.15, 0.2) is 42.5 Å². The van der Waals surface area contributed by atoms with Crippen molar-refractivity contribution in [2.75, 3.05) is 30.8 Å². The molecule has 0 radical (unpaired) electrons. The molecule has 0 saturated carbocycles. The van der Waals surface area contributed by atoms with Crippen LogP contribution in [-0.4, -0.2) is 57.6 Å². The van der Waals surface area contributed by atoms with Crippen LogP contribution in [0.3, 0.4) is 0 Å². The van der Waals surface area contributed by atoms with Crippen LogP contribution in [0.25, 0.3) is 0 Å². The number of nitrogens with zero attached hydrogens (tertiary/aromatic N) is 2. The Hall–Kier alpha value is -3.07. The molecule has 0 aliphatic carbocycles. The van der Waals surface area contributed by atoms with Gasteiger partial charge in [-0.25, -0.2) is 8.42 Å². The zero-order chi connectivity index (χ0) is 27.8. The topological polar surface area (TPSA) is 96.0 Å². The number of ether oxygens (including phenoxy) is 1. The second-order valence-corrected chi connectivity index (χ2v) is 11.9. The molecule has 0 aliphatic rings. The summed E-state index contributed by atoms with van der Waals surface area (Å²) in [6, 6.07) is 12.3. The minimum Gasteiger partial charge on any atom is -0.497 e. The SMILES string of the molecule is COc1cccc(CN(C(=O)CCCN(c2cc(C)cc(C)c2)S(C)(=O)=O)[C@H](C)C(=O)NCC(C)C)c1. The molecule has 2 aromatic carbocycles. The Morgan fingerprint density at radius 3 is 2.24 bits per heavy atom. The van der Waals surface area contributed by atoms with Gasteiger partial charge in [-0.3, -0.25) is 13.9 Å². The third kappa shape index (κ3) is 9.39. The lowest BCUT2D eigenvalue weighted by Gasteiger charge is -2.30. The van der Waals surface area contributed by atoms with E-state index < -0.39 is 16.1 Å². The number of amides is 2. The van der Waals surface area contributed by atoms with E-state index in [9.17, 15) is 18.0 Å². The van der Waals surface area contributed by atoms with Crippen LogP contribution < -0.4 is 14.4 Å². The van der Waals surface area contributed by atoms with Gasteiger partial charge in [0, 0.05) is 26.1 Å². The van der Waals surface area contributed by atoms with Crippen molar-refractivity contribution in [2.45, 2.75) is 60.0 Å². The van der Waals surface area contributed by atoms with Crippen molar-refractivity contribution in [3.63, 3.8) is 0 Å². The molecule has 0 aromatic heterocycles. The van der Waals surface area contributed by atoms with E-state index in [1.165, 1.54) is 10.6 Å². The summed E-state index contributed by atoms with van der Waals surface area (Å²) in [5, 5.41) is 2.91. The lowest BCUT2D eigenvalue weighted by atomic mass is 10.1. The summed E-state index contributed by atoms with van der Waals surface area (Å²) >= 11 is 0. The molecule has 0 spiro atoms. The van der Waals surface area contributed by atoms with Crippen molar-refractivity contribution in [2.24, 2.45) is 5.92 Å². The predicted molar refractivity (Wildman–Crippen MR) is 148 cm³/mol. The fraction of sp³-hybridized carbons (Fsp3) is 0.500. The summed E-state index contributed by atoms with van der Waals surface area (Å²) in [4.78, 5) is 27.8. The first-order valence-electron chi connectivity index (χ1n) is 12.6. The van der Waals surface area contributed by atoms with Gasteiger partial charge in [-0.2, -0.15) is 0 Å². The first-order valence-corrected chi connectivity index (χ1v) is 14.4. The van der Waals surface area contributed by atoms with Gasteiger partial charge in [-0.15, -0.1) is 0 Å². The zero-order valence-corrected chi connectivity index (χ0v) is 23.9. The maximum Gasteiger partial charge on any atom is 0.242 e. The van der Waals surface area contributed by atoms with E-state index in [0.29, 0.717) is 24.4 Å². The average Bonchev–Trinajstić information content (AvgIpc) is 2.81. The van der Waals surface area contributed by atoms with Gasteiger partial charge in [0.2, 0.25) is 21.8 Å². The summed E-state index contributed by atoms with van der Waals surface area (Å²) in [7, 11) is -1.96. The molecule has 0 heterocycles. The number of nitrogens with one attached hydrogen (secondary N) is 1. The highest BCUT2D eigenvalue weighted by Crippen LogP contribution is 2.23. The normalized spacial score (nSPS) is 12.2. The fourth-order valence-corrected chi connectivity index (χ4v) is 5.05. The third-order valence-corrected chi connectivity index (χ3v) is 7.18. The zero-order valence-electron chi connectivity index (χ0n) is 23.1. The largest absolute Gasteiger partial charge is 0.497 e. The van der Waals surface area contributed by atoms with Gasteiger partial charge in [0.25, 0.3) is 0 Å². The minimum atomic E-state index is -3.54. The standard InChI is InChI=1S/C28H41N3O5S/c1-20(2)18-29-28(33)23(5)30(19-24-10-8-11-26(17-24)36-6)27(32)12-9-13-31(37(7,34)35)25-15-21(3)14-22(4)16-25/h8,10-11,14-17,20,23H,9,12-13,18-19H2,1-7H3,(H,29,33)/t23-/m1/s1. The Bertz CT molecular complexity index is 1160. The highest BCUT2D eigenvalue weighted by Gasteiger charge is 2.27. The van der Waals surface area contributed by atoms with Gasteiger partial charge in [0.05, 0.1) is 19.1 Å². The van der Waals surface area contributed by atoms with Crippen LogP contribution in [0, 0.1) is 19.8 Å². The fourth-order valence-electron chi connectivity index (χ4n) is 4.10. The maximum absolute atomic E-state index is 13.4. The summed E-state index contributed by atoms with van der Waals surface area (Å²) in [6.45, 7) is 10.5. The molecule has 204 valence electrons. The number of sulfonamides is 1. The van der Waals surface area contributed by atoms with E-state index in [2.05, 4.69) is 5.32 Å². The molecule has 9 heteroatoms. The van der Waals surface area contributed by atoms with E-state index in [0.717, 1.165) is 16.7 Å². The predicted octanol–water partition coefficient (Wildman–Crippen LogP) is 4.05. The lowest BCUT2D eigenvalue weighted by Crippen LogP contribution is -2.48. The van der Waals surface area contributed by atoms with Crippen LogP contribution in [0.2, 0.25) is 0 Å². The van der Waals surface area contributed by atoms with Crippen molar-refractivity contribution in [3.05, 3.63) is 59.2 Å². The summed E-state index contributed by atoms with van der Waals surface area (Å²) < 4.78 is 31.8. The van der Waals surface area contributed by atoms with E-state index in [-0.39, 0.29) is 37.2 Å². The number of rotatable bonds is 13. The molecule has 0 aliphatic heterocycles. The van der Waals surface area contributed by atoms with E-state index in [1.54, 1.807) is 18.9 Å². The molecule has 2 rings (SSSR count). The molecular weight excluding hydrogens is 490 g/mol. The Kier molecular flexibility index (Phi) is 11.0. The van der Waals surface area contributed by atoms with Crippen molar-refractivity contribution in [1.29, 1.82) is 0 Å². The van der Waals surface area contributed by atoms with E-state index in [1.807, 2.05) is 70.2 Å². The highest BCUT2D eigenvalue weighted by molar-refractivity contribution is 7.92. The second-order valence-electron chi connectivity index (χ2n) is 9.97. The maximum atomic E-state index is 13.4. The minimum absolute atomic E-state index is 0.0998. The average molecular weight is 532 g/mol. The molecule has 1 atom stereocenters. The summed E-state index contributed by atoms with van der Waals surface area (Å²) in [6.07, 6.45) is 1.58. The molecule has 2 amide bonds. The third-order valence-electron chi connectivity index (χ3n) is 5.99. The molecule has 0 unspecified atom stereocenters. The Morgan fingerprint density at radius 1 is 1.03 bits per heavy atom. The number of hydrogen-bond donors (Lipinski definition) is 1.